The van der Waals surface area contributed by atoms with Crippen LogP contribution >= 0.6 is 0 Å². The van der Waals surface area contributed by atoms with E-state index in [2.05, 4.69) is 5.32 Å². The molecule has 0 atom stereocenters. The quantitative estimate of drug-likeness (QED) is 0.859. The highest BCUT2D eigenvalue weighted by molar-refractivity contribution is 5.91. The van der Waals surface area contributed by atoms with Crippen molar-refractivity contribution < 1.29 is 9.90 Å². The fourth-order valence-electron chi connectivity index (χ4n) is 1.77. The largest absolute Gasteiger partial charge is 0.395 e. The highest BCUT2D eigenvalue weighted by Crippen LogP contribution is 2.21. The van der Waals surface area contributed by atoms with Gasteiger partial charge in [-0.3, -0.25) is 4.79 Å². The van der Waals surface area contributed by atoms with Gasteiger partial charge in [-0.15, -0.1) is 0 Å². The van der Waals surface area contributed by atoms with Gasteiger partial charge in [0.2, 0.25) is 5.91 Å². The molecule has 4 nitrogen and oxygen atoms in total. The number of benzene rings is 1. The molecular weight excluding hydrogens is 240 g/mol. The highest BCUT2D eigenvalue weighted by Gasteiger charge is 2.15. The molecule has 1 aromatic carbocycles. The first kappa shape index (κ1) is 15.5. The van der Waals surface area contributed by atoms with Crippen molar-refractivity contribution >= 4 is 17.3 Å². The number of carbonyl (C=O) groups is 1. The number of nitrogens with zero attached hydrogens (tertiary/aromatic N) is 1. The fraction of sp³-hybridized carbons (Fsp3) is 0.533. The zero-order valence-electron chi connectivity index (χ0n) is 12.2. The van der Waals surface area contributed by atoms with Crippen molar-refractivity contribution in [2.75, 3.05) is 30.4 Å². The van der Waals surface area contributed by atoms with E-state index >= 15 is 0 Å². The smallest absolute Gasteiger partial charge is 0.224 e. The van der Waals surface area contributed by atoms with Crippen LogP contribution < -0.4 is 10.2 Å². The van der Waals surface area contributed by atoms with Gasteiger partial charge in [0.15, 0.2) is 0 Å². The number of carbonyl (C=O) groups excluding carboxylic acids is 1. The maximum Gasteiger partial charge on any atom is 0.224 e. The van der Waals surface area contributed by atoms with Gasteiger partial charge in [-0.05, 0) is 29.7 Å². The summed E-state index contributed by atoms with van der Waals surface area (Å²) in [6.45, 7) is 6.84. The molecule has 0 spiro atoms. The summed E-state index contributed by atoms with van der Waals surface area (Å²) in [5.41, 5.74) is 1.81. The standard InChI is InChI=1S/C15H24N2O2/c1-15(2,3)11-14(19)16-12-5-7-13(8-6-12)17(4)9-10-18/h5-8,18H,9-11H2,1-4H3,(H,16,19). The van der Waals surface area contributed by atoms with Crippen LogP contribution in [-0.4, -0.2) is 31.2 Å². The van der Waals surface area contributed by atoms with E-state index < -0.39 is 0 Å². The van der Waals surface area contributed by atoms with E-state index in [-0.39, 0.29) is 17.9 Å². The summed E-state index contributed by atoms with van der Waals surface area (Å²) in [5, 5.41) is 11.8. The van der Waals surface area contributed by atoms with Crippen LogP contribution in [0, 0.1) is 5.41 Å². The van der Waals surface area contributed by atoms with E-state index in [0.29, 0.717) is 13.0 Å². The number of rotatable bonds is 5. The van der Waals surface area contributed by atoms with Crippen LogP contribution in [0.2, 0.25) is 0 Å². The molecule has 0 unspecified atom stereocenters. The molecule has 106 valence electrons. The molecular formula is C15H24N2O2. The van der Waals surface area contributed by atoms with Crippen molar-refractivity contribution in [3.63, 3.8) is 0 Å². The maximum absolute atomic E-state index is 11.8. The molecule has 4 heteroatoms. The lowest BCUT2D eigenvalue weighted by Crippen LogP contribution is -2.21. The topological polar surface area (TPSA) is 52.6 Å². The molecule has 0 fully saturated rings. The third-order valence-electron chi connectivity index (χ3n) is 2.72. The minimum Gasteiger partial charge on any atom is -0.395 e. The first-order chi connectivity index (χ1) is 8.81. The van der Waals surface area contributed by atoms with E-state index in [9.17, 15) is 4.79 Å². The molecule has 0 bridgehead atoms. The van der Waals surface area contributed by atoms with Crippen molar-refractivity contribution in [3.8, 4) is 0 Å². The molecule has 0 aliphatic rings. The number of hydrogen-bond acceptors (Lipinski definition) is 3. The van der Waals surface area contributed by atoms with Crippen LogP contribution in [0.5, 0.6) is 0 Å². The first-order valence-electron chi connectivity index (χ1n) is 6.54. The van der Waals surface area contributed by atoms with Crippen LogP contribution in [0.25, 0.3) is 0 Å². The third-order valence-corrected chi connectivity index (χ3v) is 2.72. The Hall–Kier alpha value is -1.55. The number of nitrogens with one attached hydrogen (secondary N) is 1. The molecule has 0 aliphatic carbocycles. The number of aliphatic hydroxyl groups is 1. The molecule has 19 heavy (non-hydrogen) atoms. The zero-order chi connectivity index (χ0) is 14.5. The Bertz CT molecular complexity index is 407. The minimum absolute atomic E-state index is 0.00856. The highest BCUT2D eigenvalue weighted by atomic mass is 16.3. The number of aliphatic hydroxyl groups excluding tert-OH is 1. The van der Waals surface area contributed by atoms with Gasteiger partial charge >= 0.3 is 0 Å². The van der Waals surface area contributed by atoms with E-state index in [4.69, 9.17) is 5.11 Å². The summed E-state index contributed by atoms with van der Waals surface area (Å²) in [4.78, 5) is 13.8. The summed E-state index contributed by atoms with van der Waals surface area (Å²) in [5.74, 6) is 0.0314. The second-order valence-corrected chi connectivity index (χ2v) is 5.98. The Labute approximate surface area is 115 Å². The summed E-state index contributed by atoms with van der Waals surface area (Å²) >= 11 is 0. The van der Waals surface area contributed by atoms with Gasteiger partial charge < -0.3 is 15.3 Å². The predicted molar refractivity (Wildman–Crippen MR) is 79.5 cm³/mol. The molecule has 0 aromatic heterocycles. The normalized spacial score (nSPS) is 11.2. The average Bonchev–Trinajstić information content (AvgIpc) is 2.27. The maximum atomic E-state index is 11.8. The molecule has 0 saturated heterocycles. The number of amides is 1. The predicted octanol–water partition coefficient (Wildman–Crippen LogP) is 2.49. The van der Waals surface area contributed by atoms with E-state index in [1.54, 1.807) is 0 Å². The Morgan fingerprint density at radius 3 is 2.32 bits per heavy atom. The Kier molecular flexibility index (Phi) is 5.36. The molecule has 1 aromatic rings. The van der Waals surface area contributed by atoms with Crippen LogP contribution in [0.1, 0.15) is 27.2 Å². The molecule has 0 saturated carbocycles. The Morgan fingerprint density at radius 1 is 1.26 bits per heavy atom. The zero-order valence-corrected chi connectivity index (χ0v) is 12.2. The molecule has 0 heterocycles. The van der Waals surface area contributed by atoms with Gasteiger partial charge in [-0.25, -0.2) is 0 Å². The lowest BCUT2D eigenvalue weighted by atomic mass is 9.92. The molecule has 0 radical (unpaired) electrons. The van der Waals surface area contributed by atoms with Crippen molar-refractivity contribution in [2.24, 2.45) is 5.41 Å². The monoisotopic (exact) mass is 264 g/mol. The lowest BCUT2D eigenvalue weighted by Gasteiger charge is -2.19. The molecule has 2 N–H and O–H groups in total. The minimum atomic E-state index is -0.00856. The van der Waals surface area contributed by atoms with Gasteiger partial charge in [-0.2, -0.15) is 0 Å². The number of anilines is 2. The van der Waals surface area contributed by atoms with Crippen molar-refractivity contribution in [1.82, 2.24) is 0 Å². The fourth-order valence-corrected chi connectivity index (χ4v) is 1.77. The Balaban J connectivity index is 2.59. The van der Waals surface area contributed by atoms with Gasteiger partial charge in [0, 0.05) is 31.4 Å². The summed E-state index contributed by atoms with van der Waals surface area (Å²) in [6, 6.07) is 7.62. The van der Waals surface area contributed by atoms with Crippen molar-refractivity contribution in [3.05, 3.63) is 24.3 Å². The van der Waals surface area contributed by atoms with Crippen LogP contribution in [-0.2, 0) is 4.79 Å². The van der Waals surface area contributed by atoms with Gasteiger partial charge in [0.05, 0.1) is 6.61 Å². The second-order valence-electron chi connectivity index (χ2n) is 5.98. The SMILES string of the molecule is CN(CCO)c1ccc(NC(=O)CC(C)(C)C)cc1. The van der Waals surface area contributed by atoms with Crippen LogP contribution in [0.3, 0.4) is 0 Å². The first-order valence-corrected chi connectivity index (χ1v) is 6.54. The summed E-state index contributed by atoms with van der Waals surface area (Å²) < 4.78 is 0. The van der Waals surface area contributed by atoms with Gasteiger partial charge in [0.25, 0.3) is 0 Å². The Morgan fingerprint density at radius 2 is 1.84 bits per heavy atom. The van der Waals surface area contributed by atoms with E-state index in [0.717, 1.165) is 11.4 Å². The van der Waals surface area contributed by atoms with Crippen molar-refractivity contribution in [2.45, 2.75) is 27.2 Å². The molecule has 1 rings (SSSR count). The van der Waals surface area contributed by atoms with E-state index in [1.165, 1.54) is 0 Å². The second kappa shape index (κ2) is 6.57. The van der Waals surface area contributed by atoms with Crippen LogP contribution in [0.4, 0.5) is 11.4 Å². The van der Waals surface area contributed by atoms with E-state index in [1.807, 2.05) is 57.0 Å². The lowest BCUT2D eigenvalue weighted by molar-refractivity contribution is -0.117. The third kappa shape index (κ3) is 5.75. The van der Waals surface area contributed by atoms with Gasteiger partial charge in [0.1, 0.15) is 0 Å². The van der Waals surface area contributed by atoms with Gasteiger partial charge in [-0.1, -0.05) is 20.8 Å². The van der Waals surface area contributed by atoms with Crippen molar-refractivity contribution in [1.29, 1.82) is 0 Å². The van der Waals surface area contributed by atoms with Crippen LogP contribution in [0.15, 0.2) is 24.3 Å². The number of likely N-dealkylation sites (N-methyl/N-ethyl adjacent to an activating group) is 1. The summed E-state index contributed by atoms with van der Waals surface area (Å²) in [7, 11) is 1.92. The average molecular weight is 264 g/mol. The summed E-state index contributed by atoms with van der Waals surface area (Å²) in [6.07, 6.45) is 0.499. The number of hydrogen-bond donors (Lipinski definition) is 2. The molecule has 1 amide bonds. The molecule has 0 aliphatic heterocycles.